The Morgan fingerprint density at radius 2 is 2.15 bits per heavy atom. The Bertz CT molecular complexity index is 757. The van der Waals surface area contributed by atoms with E-state index in [1.807, 2.05) is 12.1 Å². The van der Waals surface area contributed by atoms with Crippen LogP contribution in [0.25, 0.3) is 0 Å². The number of hydrogen-bond acceptors (Lipinski definition) is 4. The molecule has 5 heteroatoms. The number of amides is 1. The van der Waals surface area contributed by atoms with Crippen molar-refractivity contribution in [3.63, 3.8) is 0 Å². The van der Waals surface area contributed by atoms with Crippen LogP contribution in [0.5, 0.6) is 5.75 Å². The third-order valence-corrected chi connectivity index (χ3v) is 6.47. The van der Waals surface area contributed by atoms with Crippen molar-refractivity contribution in [3.8, 4) is 5.75 Å². The van der Waals surface area contributed by atoms with Gasteiger partial charge in [-0.2, -0.15) is 0 Å². The van der Waals surface area contributed by atoms with Crippen LogP contribution in [-0.4, -0.2) is 28.5 Å². The second kappa shape index (κ2) is 7.85. The molecule has 1 amide bonds. The van der Waals surface area contributed by atoms with Gasteiger partial charge < -0.3 is 15.9 Å². The quantitative estimate of drug-likeness (QED) is 0.612. The predicted octanol–water partition coefficient (Wildman–Crippen LogP) is 3.01. The first-order valence-electron chi connectivity index (χ1n) is 9.80. The fourth-order valence-corrected chi connectivity index (χ4v) is 5.33. The fraction of sp³-hybridized carbons (Fsp3) is 0.545. The number of phenols is 1. The SMILES string of the molecule is C=CCC1CC[C@]2(CC(=O)CCCO)C[C@H]1Cc1ccc(C(N)=O)c(O)c12. The second-order valence-corrected chi connectivity index (χ2v) is 8.17. The maximum absolute atomic E-state index is 12.6. The number of nitrogens with two attached hydrogens (primary N) is 1. The Hall–Kier alpha value is -2.14. The topological polar surface area (TPSA) is 101 Å². The standard InChI is InChI=1S/C22H29NO4/c1-2-4-14-8-9-22(13-17(25)5-3-10-24)12-16(14)11-15-6-7-18(21(23)27)20(26)19(15)22/h2,6-7,14,16,24,26H,1,3-5,8-13H2,(H2,23,27)/t14?,16-,22-/m1/s1. The summed E-state index contributed by atoms with van der Waals surface area (Å²) in [5.41, 5.74) is 6.90. The summed E-state index contributed by atoms with van der Waals surface area (Å²) in [6.45, 7) is 3.88. The summed E-state index contributed by atoms with van der Waals surface area (Å²) >= 11 is 0. The number of aliphatic hydroxyl groups excluding tert-OH is 1. The molecule has 5 nitrogen and oxygen atoms in total. The van der Waals surface area contributed by atoms with E-state index in [0.717, 1.165) is 43.2 Å². The maximum Gasteiger partial charge on any atom is 0.252 e. The van der Waals surface area contributed by atoms with Gasteiger partial charge in [0, 0.05) is 30.4 Å². The molecule has 1 saturated carbocycles. The normalized spacial score (nSPS) is 26.3. The van der Waals surface area contributed by atoms with Crippen molar-refractivity contribution in [2.24, 2.45) is 17.6 Å². The summed E-state index contributed by atoms with van der Waals surface area (Å²) in [5.74, 6) is 0.375. The largest absolute Gasteiger partial charge is 0.507 e. The third kappa shape index (κ3) is 3.65. The fourth-order valence-electron chi connectivity index (χ4n) is 5.33. The molecular formula is C22H29NO4. The number of fused-ring (bicyclic) bond motifs is 4. The Kier molecular flexibility index (Phi) is 5.70. The summed E-state index contributed by atoms with van der Waals surface area (Å²) in [7, 11) is 0. The average Bonchev–Trinajstić information content (AvgIpc) is 2.62. The molecule has 0 aliphatic heterocycles. The molecule has 0 radical (unpaired) electrons. The van der Waals surface area contributed by atoms with Gasteiger partial charge in [-0.1, -0.05) is 12.1 Å². The number of carbonyl (C=O) groups is 2. The van der Waals surface area contributed by atoms with Crippen molar-refractivity contribution >= 4 is 11.7 Å². The van der Waals surface area contributed by atoms with E-state index in [1.54, 1.807) is 6.07 Å². The molecule has 0 spiro atoms. The van der Waals surface area contributed by atoms with Gasteiger partial charge in [0.2, 0.25) is 0 Å². The number of rotatable bonds is 8. The molecule has 1 aromatic carbocycles. The van der Waals surface area contributed by atoms with E-state index in [-0.39, 0.29) is 23.7 Å². The summed E-state index contributed by atoms with van der Waals surface area (Å²) < 4.78 is 0. The number of allylic oxidation sites excluding steroid dienone is 1. The van der Waals surface area contributed by atoms with E-state index in [9.17, 15) is 14.7 Å². The highest BCUT2D eigenvalue weighted by Gasteiger charge is 2.48. The monoisotopic (exact) mass is 371 g/mol. The van der Waals surface area contributed by atoms with E-state index in [1.165, 1.54) is 0 Å². The highest BCUT2D eigenvalue weighted by Crippen LogP contribution is 2.56. The Balaban J connectivity index is 2.04. The first-order chi connectivity index (χ1) is 12.9. The van der Waals surface area contributed by atoms with E-state index in [2.05, 4.69) is 6.58 Å². The molecular weight excluding hydrogens is 342 g/mol. The second-order valence-electron chi connectivity index (χ2n) is 8.17. The molecule has 0 saturated heterocycles. The van der Waals surface area contributed by atoms with Crippen LogP contribution in [0.3, 0.4) is 0 Å². The number of aliphatic hydroxyl groups is 1. The molecule has 27 heavy (non-hydrogen) atoms. The smallest absolute Gasteiger partial charge is 0.252 e. The number of Topliss-reactive ketones (excluding diaryl/α,β-unsaturated/α-hetero) is 1. The van der Waals surface area contributed by atoms with Crippen molar-refractivity contribution in [2.75, 3.05) is 6.61 Å². The van der Waals surface area contributed by atoms with E-state index < -0.39 is 11.3 Å². The van der Waals surface area contributed by atoms with Crippen LogP contribution in [0.1, 0.15) is 66.4 Å². The van der Waals surface area contributed by atoms with Gasteiger partial charge >= 0.3 is 0 Å². The van der Waals surface area contributed by atoms with Gasteiger partial charge in [-0.3, -0.25) is 9.59 Å². The van der Waals surface area contributed by atoms with Gasteiger partial charge in [-0.15, -0.1) is 6.58 Å². The van der Waals surface area contributed by atoms with Gasteiger partial charge in [-0.05, 0) is 62.0 Å². The van der Waals surface area contributed by atoms with Crippen LogP contribution < -0.4 is 5.73 Å². The molecule has 146 valence electrons. The van der Waals surface area contributed by atoms with Gasteiger partial charge in [0.15, 0.2) is 0 Å². The van der Waals surface area contributed by atoms with Gasteiger partial charge in [0.25, 0.3) is 5.91 Å². The van der Waals surface area contributed by atoms with Gasteiger partial charge in [-0.25, -0.2) is 0 Å². The van der Waals surface area contributed by atoms with Gasteiger partial charge in [0.1, 0.15) is 11.5 Å². The Labute approximate surface area is 160 Å². The molecule has 1 aromatic rings. The van der Waals surface area contributed by atoms with Crippen molar-refractivity contribution in [1.29, 1.82) is 0 Å². The lowest BCUT2D eigenvalue weighted by molar-refractivity contribution is -0.121. The van der Waals surface area contributed by atoms with Crippen LogP contribution >= 0.6 is 0 Å². The lowest BCUT2D eigenvalue weighted by Crippen LogP contribution is -2.44. The minimum Gasteiger partial charge on any atom is -0.507 e. The van der Waals surface area contributed by atoms with Crippen molar-refractivity contribution in [2.45, 2.75) is 56.8 Å². The summed E-state index contributed by atoms with van der Waals surface area (Å²) in [5, 5.41) is 19.9. The van der Waals surface area contributed by atoms with Gasteiger partial charge in [0.05, 0.1) is 5.56 Å². The zero-order valence-electron chi connectivity index (χ0n) is 15.7. The van der Waals surface area contributed by atoms with Crippen LogP contribution in [0, 0.1) is 11.8 Å². The lowest BCUT2D eigenvalue weighted by atomic mass is 9.54. The molecule has 1 unspecified atom stereocenters. The number of hydrogen-bond donors (Lipinski definition) is 3. The number of aromatic hydroxyl groups is 1. The van der Waals surface area contributed by atoms with Crippen molar-refractivity contribution in [1.82, 2.24) is 0 Å². The lowest BCUT2D eigenvalue weighted by Gasteiger charge is -2.50. The number of primary amides is 1. The average molecular weight is 371 g/mol. The molecule has 2 bridgehead atoms. The number of carbonyl (C=O) groups excluding carboxylic acids is 2. The molecule has 3 rings (SSSR count). The first-order valence-corrected chi connectivity index (χ1v) is 9.80. The zero-order chi connectivity index (χ0) is 19.6. The van der Waals surface area contributed by atoms with E-state index in [4.69, 9.17) is 10.8 Å². The highest BCUT2D eigenvalue weighted by molar-refractivity contribution is 5.96. The summed E-state index contributed by atoms with van der Waals surface area (Å²) in [4.78, 5) is 24.4. The molecule has 2 aliphatic rings. The molecule has 2 aliphatic carbocycles. The minimum atomic E-state index is -0.653. The van der Waals surface area contributed by atoms with Crippen molar-refractivity contribution < 1.29 is 19.8 Å². The van der Waals surface area contributed by atoms with E-state index >= 15 is 0 Å². The third-order valence-electron chi connectivity index (χ3n) is 6.47. The molecule has 0 aromatic heterocycles. The Morgan fingerprint density at radius 1 is 1.37 bits per heavy atom. The number of benzene rings is 1. The predicted molar refractivity (Wildman–Crippen MR) is 104 cm³/mol. The van der Waals surface area contributed by atoms with Crippen LogP contribution in [0.15, 0.2) is 24.8 Å². The molecule has 3 atom stereocenters. The molecule has 4 N–H and O–H groups in total. The van der Waals surface area contributed by atoms with Crippen LogP contribution in [0.2, 0.25) is 0 Å². The highest BCUT2D eigenvalue weighted by atomic mass is 16.3. The minimum absolute atomic E-state index is 0.00354. The molecule has 1 fully saturated rings. The summed E-state index contributed by atoms with van der Waals surface area (Å²) in [6, 6.07) is 3.49. The maximum atomic E-state index is 12.6. The van der Waals surface area contributed by atoms with E-state index in [0.29, 0.717) is 31.1 Å². The molecule has 0 heterocycles. The van der Waals surface area contributed by atoms with Crippen LogP contribution in [-0.2, 0) is 16.6 Å². The zero-order valence-corrected chi connectivity index (χ0v) is 15.7. The van der Waals surface area contributed by atoms with Crippen LogP contribution in [0.4, 0.5) is 0 Å². The summed E-state index contributed by atoms with van der Waals surface area (Å²) in [6.07, 6.45) is 7.51. The first kappa shape index (κ1) is 19.6. The Morgan fingerprint density at radius 3 is 2.81 bits per heavy atom. The number of ketones is 1. The van der Waals surface area contributed by atoms with Crippen molar-refractivity contribution in [3.05, 3.63) is 41.5 Å².